The molecule has 0 aromatic heterocycles. The lowest BCUT2D eigenvalue weighted by Crippen LogP contribution is -2.30. The largest absolute Gasteiger partial charge is 0.308 e. The lowest BCUT2D eigenvalue weighted by Gasteiger charge is -2.25. The van der Waals surface area contributed by atoms with Crippen molar-refractivity contribution in [2.24, 2.45) is 0 Å². The molecule has 0 atom stereocenters. The van der Waals surface area contributed by atoms with E-state index in [1.807, 2.05) is 18.2 Å². The summed E-state index contributed by atoms with van der Waals surface area (Å²) in [7, 11) is 0. The molecule has 1 aromatic rings. The van der Waals surface area contributed by atoms with Gasteiger partial charge in [-0.2, -0.15) is 0 Å². The summed E-state index contributed by atoms with van der Waals surface area (Å²) in [6.45, 7) is 4.34. The average Bonchev–Trinajstić information content (AvgIpc) is 2.16. The van der Waals surface area contributed by atoms with E-state index < -0.39 is 0 Å². The van der Waals surface area contributed by atoms with Crippen LogP contribution in [-0.4, -0.2) is 12.5 Å². The van der Waals surface area contributed by atoms with Gasteiger partial charge in [-0.1, -0.05) is 23.8 Å². The van der Waals surface area contributed by atoms with E-state index in [1.165, 1.54) is 5.56 Å². The van der Waals surface area contributed by atoms with E-state index >= 15 is 0 Å². The summed E-state index contributed by atoms with van der Waals surface area (Å²) in [5.41, 5.74) is 3.37. The lowest BCUT2D eigenvalue weighted by molar-refractivity contribution is -0.116. The zero-order valence-electron chi connectivity index (χ0n) is 8.45. The van der Waals surface area contributed by atoms with Crippen LogP contribution in [0, 0.1) is 6.92 Å². The van der Waals surface area contributed by atoms with Crippen molar-refractivity contribution in [3.05, 3.63) is 35.4 Å². The number of amides is 1. The minimum atomic E-state index is 0.0967. The fourth-order valence-electron chi connectivity index (χ4n) is 1.73. The Bertz CT molecular complexity index is 407. The zero-order chi connectivity index (χ0) is 10.1. The number of carbonyl (C=O) groups excluding carboxylic acids is 1. The van der Waals surface area contributed by atoms with E-state index in [4.69, 9.17) is 0 Å². The summed E-state index contributed by atoms with van der Waals surface area (Å²) >= 11 is 0. The molecule has 1 heterocycles. The van der Waals surface area contributed by atoms with E-state index in [9.17, 15) is 4.79 Å². The minimum Gasteiger partial charge on any atom is -0.308 e. The fraction of sp³-hybridized carbons (Fsp3) is 0.250. The van der Waals surface area contributed by atoms with Crippen molar-refractivity contribution >= 4 is 17.7 Å². The highest BCUT2D eigenvalue weighted by Gasteiger charge is 2.15. The molecule has 72 valence electrons. The molecule has 0 saturated heterocycles. The smallest absolute Gasteiger partial charge is 0.224 e. The molecular formula is C12H13NO. The maximum Gasteiger partial charge on any atom is 0.224 e. The minimum absolute atomic E-state index is 0.0967. The molecule has 0 unspecified atom stereocenters. The Labute approximate surface area is 83.8 Å². The number of benzene rings is 1. The monoisotopic (exact) mass is 187 g/mol. The number of anilines is 1. The van der Waals surface area contributed by atoms with Gasteiger partial charge in [-0.15, -0.1) is 0 Å². The van der Waals surface area contributed by atoms with Crippen molar-refractivity contribution in [3.63, 3.8) is 0 Å². The van der Waals surface area contributed by atoms with Crippen LogP contribution in [0.2, 0.25) is 0 Å². The van der Waals surface area contributed by atoms with Gasteiger partial charge in [0.25, 0.3) is 0 Å². The standard InChI is InChI=1S/C12H13NO/c1-9-5-6-12-11(8-9)4-3-7-13(12)10(2)14/h3-6,8H,7H2,1-2H3. The molecule has 1 aliphatic heterocycles. The molecule has 0 saturated carbocycles. The fourth-order valence-corrected chi connectivity index (χ4v) is 1.73. The van der Waals surface area contributed by atoms with E-state index in [1.54, 1.807) is 11.8 Å². The molecule has 0 fully saturated rings. The van der Waals surface area contributed by atoms with E-state index in [2.05, 4.69) is 19.1 Å². The summed E-state index contributed by atoms with van der Waals surface area (Å²) in [5.74, 6) is 0.0967. The molecule has 1 aliphatic rings. The Morgan fingerprint density at radius 3 is 2.93 bits per heavy atom. The quantitative estimate of drug-likeness (QED) is 0.610. The number of fused-ring (bicyclic) bond motifs is 1. The van der Waals surface area contributed by atoms with Crippen LogP contribution in [0.25, 0.3) is 6.08 Å². The van der Waals surface area contributed by atoms with Gasteiger partial charge in [0.1, 0.15) is 0 Å². The molecule has 14 heavy (non-hydrogen) atoms. The van der Waals surface area contributed by atoms with Crippen LogP contribution in [0.4, 0.5) is 5.69 Å². The molecule has 0 N–H and O–H groups in total. The topological polar surface area (TPSA) is 20.3 Å². The molecule has 2 heteroatoms. The lowest BCUT2D eigenvalue weighted by atomic mass is 10.1. The van der Waals surface area contributed by atoms with Gasteiger partial charge in [0.05, 0.1) is 5.69 Å². The maximum atomic E-state index is 11.3. The number of nitrogens with zero attached hydrogens (tertiary/aromatic N) is 1. The Morgan fingerprint density at radius 1 is 1.43 bits per heavy atom. The van der Waals surface area contributed by atoms with Crippen LogP contribution in [-0.2, 0) is 4.79 Å². The molecule has 2 rings (SSSR count). The molecule has 0 radical (unpaired) electrons. The van der Waals surface area contributed by atoms with Gasteiger partial charge in [0.2, 0.25) is 5.91 Å². The summed E-state index contributed by atoms with van der Waals surface area (Å²) in [4.78, 5) is 13.1. The van der Waals surface area contributed by atoms with Gasteiger partial charge in [-0.05, 0) is 24.6 Å². The average molecular weight is 187 g/mol. The molecule has 1 amide bonds. The van der Waals surface area contributed by atoms with Gasteiger partial charge >= 0.3 is 0 Å². The normalized spacial score (nSPS) is 14.0. The number of aryl methyl sites for hydroxylation is 1. The molecule has 2 nitrogen and oxygen atoms in total. The van der Waals surface area contributed by atoms with E-state index in [0.717, 1.165) is 11.3 Å². The predicted molar refractivity (Wildman–Crippen MR) is 58.2 cm³/mol. The SMILES string of the molecule is CC(=O)N1CC=Cc2cc(C)ccc21. The van der Waals surface area contributed by atoms with E-state index in [0.29, 0.717) is 6.54 Å². The third-order valence-corrected chi connectivity index (χ3v) is 2.44. The Morgan fingerprint density at radius 2 is 2.21 bits per heavy atom. The van der Waals surface area contributed by atoms with Crippen LogP contribution >= 0.6 is 0 Å². The molecule has 0 spiro atoms. The van der Waals surface area contributed by atoms with Crippen molar-refractivity contribution in [2.75, 3.05) is 11.4 Å². The van der Waals surface area contributed by atoms with Crippen LogP contribution in [0.15, 0.2) is 24.3 Å². The van der Waals surface area contributed by atoms with Crippen LogP contribution in [0.5, 0.6) is 0 Å². The number of rotatable bonds is 0. The summed E-state index contributed by atoms with van der Waals surface area (Å²) in [5, 5.41) is 0. The summed E-state index contributed by atoms with van der Waals surface area (Å²) < 4.78 is 0. The molecular weight excluding hydrogens is 174 g/mol. The highest BCUT2D eigenvalue weighted by Crippen LogP contribution is 2.26. The van der Waals surface area contributed by atoms with Crippen LogP contribution < -0.4 is 4.90 Å². The van der Waals surface area contributed by atoms with Crippen molar-refractivity contribution in [3.8, 4) is 0 Å². The second-order valence-electron chi connectivity index (χ2n) is 3.59. The third-order valence-electron chi connectivity index (χ3n) is 2.44. The maximum absolute atomic E-state index is 11.3. The third kappa shape index (κ3) is 1.43. The second-order valence-corrected chi connectivity index (χ2v) is 3.59. The highest BCUT2D eigenvalue weighted by molar-refractivity contribution is 5.95. The van der Waals surface area contributed by atoms with Gasteiger partial charge in [-0.25, -0.2) is 0 Å². The first-order valence-corrected chi connectivity index (χ1v) is 4.74. The zero-order valence-corrected chi connectivity index (χ0v) is 8.45. The summed E-state index contributed by atoms with van der Waals surface area (Å²) in [6.07, 6.45) is 4.09. The van der Waals surface area contributed by atoms with Crippen molar-refractivity contribution in [2.45, 2.75) is 13.8 Å². The Hall–Kier alpha value is -1.57. The number of hydrogen-bond donors (Lipinski definition) is 0. The first-order valence-electron chi connectivity index (χ1n) is 4.74. The van der Waals surface area contributed by atoms with Gasteiger partial charge < -0.3 is 4.90 Å². The predicted octanol–water partition coefficient (Wildman–Crippen LogP) is 2.37. The van der Waals surface area contributed by atoms with Crippen LogP contribution in [0.1, 0.15) is 18.1 Å². The molecule has 0 bridgehead atoms. The molecule has 1 aromatic carbocycles. The van der Waals surface area contributed by atoms with Crippen molar-refractivity contribution in [1.82, 2.24) is 0 Å². The highest BCUT2D eigenvalue weighted by atomic mass is 16.2. The van der Waals surface area contributed by atoms with E-state index in [-0.39, 0.29) is 5.91 Å². The first kappa shape index (κ1) is 9.00. The van der Waals surface area contributed by atoms with Crippen molar-refractivity contribution in [1.29, 1.82) is 0 Å². The second kappa shape index (κ2) is 3.29. The van der Waals surface area contributed by atoms with Gasteiger partial charge in [0.15, 0.2) is 0 Å². The van der Waals surface area contributed by atoms with Crippen LogP contribution in [0.3, 0.4) is 0 Å². The summed E-state index contributed by atoms with van der Waals surface area (Å²) in [6, 6.07) is 6.14. The molecule has 0 aliphatic carbocycles. The first-order chi connectivity index (χ1) is 6.68. The van der Waals surface area contributed by atoms with Gasteiger partial charge in [-0.3, -0.25) is 4.79 Å². The van der Waals surface area contributed by atoms with Crippen molar-refractivity contribution < 1.29 is 4.79 Å². The number of carbonyl (C=O) groups is 1. The number of hydrogen-bond acceptors (Lipinski definition) is 1. The Kier molecular flexibility index (Phi) is 2.12. The van der Waals surface area contributed by atoms with Gasteiger partial charge in [0, 0.05) is 13.5 Å². The Balaban J connectivity index is 2.51.